The number of carbonyl (C=O) groups excluding carboxylic acids is 2. The highest BCUT2D eigenvalue weighted by Gasteiger charge is 2.30. The van der Waals surface area contributed by atoms with Crippen molar-refractivity contribution in [2.24, 2.45) is 5.92 Å². The first-order chi connectivity index (χ1) is 15.8. The Labute approximate surface area is 194 Å². The van der Waals surface area contributed by atoms with Crippen molar-refractivity contribution in [3.63, 3.8) is 0 Å². The van der Waals surface area contributed by atoms with Gasteiger partial charge in [-0.25, -0.2) is 4.79 Å². The second-order valence-electron chi connectivity index (χ2n) is 8.89. The van der Waals surface area contributed by atoms with Gasteiger partial charge in [-0.05, 0) is 47.9 Å². The maximum Gasteiger partial charge on any atom is 0.407 e. The molecule has 1 aliphatic carbocycles. The molecule has 33 heavy (non-hydrogen) atoms. The molecule has 3 N–H and O–H groups in total. The number of hydrogen-bond donors (Lipinski definition) is 3. The average Bonchev–Trinajstić information content (AvgIpc) is 3.09. The third-order valence-corrected chi connectivity index (χ3v) is 5.98. The number of rotatable bonds is 10. The van der Waals surface area contributed by atoms with Crippen molar-refractivity contribution in [1.29, 1.82) is 0 Å². The van der Waals surface area contributed by atoms with Crippen molar-refractivity contribution >= 4 is 18.0 Å². The Bertz CT molecular complexity index is 958. The molecule has 2 aromatic rings. The number of nitrogens with one attached hydrogen (secondary N) is 2. The van der Waals surface area contributed by atoms with Crippen molar-refractivity contribution in [2.45, 2.75) is 58.0 Å². The molecule has 0 saturated carbocycles. The van der Waals surface area contributed by atoms with Crippen molar-refractivity contribution < 1.29 is 24.2 Å². The van der Waals surface area contributed by atoms with Crippen LogP contribution in [0.5, 0.6) is 0 Å². The maximum atomic E-state index is 12.7. The molecule has 7 heteroatoms. The fraction of sp³-hybridized carbons (Fsp3) is 0.423. The van der Waals surface area contributed by atoms with Crippen LogP contribution in [0.2, 0.25) is 0 Å². The molecule has 0 aliphatic heterocycles. The lowest BCUT2D eigenvalue weighted by molar-refractivity contribution is -0.137. The smallest absolute Gasteiger partial charge is 0.407 e. The molecule has 1 aliphatic rings. The van der Waals surface area contributed by atoms with E-state index in [1.807, 2.05) is 45.0 Å². The van der Waals surface area contributed by atoms with Crippen LogP contribution >= 0.6 is 0 Å². The lowest BCUT2D eigenvalue weighted by Gasteiger charge is -2.24. The highest BCUT2D eigenvalue weighted by molar-refractivity contribution is 5.86. The van der Waals surface area contributed by atoms with Crippen LogP contribution in [0.1, 0.15) is 57.1 Å². The number of ether oxygens (including phenoxy) is 1. The van der Waals surface area contributed by atoms with Crippen LogP contribution in [-0.4, -0.2) is 41.8 Å². The number of alkyl carbamates (subject to hydrolysis) is 1. The van der Waals surface area contributed by atoms with Gasteiger partial charge < -0.3 is 20.5 Å². The van der Waals surface area contributed by atoms with Crippen LogP contribution in [0.15, 0.2) is 48.5 Å². The number of fused-ring (bicyclic) bond motifs is 3. The van der Waals surface area contributed by atoms with Crippen LogP contribution in [0, 0.1) is 5.92 Å². The van der Waals surface area contributed by atoms with Crippen LogP contribution in [0.3, 0.4) is 0 Å². The zero-order chi connectivity index (χ0) is 24.0. The Hall–Kier alpha value is -3.35. The van der Waals surface area contributed by atoms with Gasteiger partial charge in [-0.3, -0.25) is 9.59 Å². The van der Waals surface area contributed by atoms with E-state index in [-0.39, 0.29) is 36.8 Å². The van der Waals surface area contributed by atoms with Crippen LogP contribution in [-0.2, 0) is 14.3 Å². The molecule has 3 rings (SSSR count). The predicted molar refractivity (Wildman–Crippen MR) is 126 cm³/mol. The van der Waals surface area contributed by atoms with Gasteiger partial charge in [-0.15, -0.1) is 0 Å². The molecule has 0 heterocycles. The minimum Gasteiger partial charge on any atom is -0.481 e. The number of carboxylic acids is 1. The summed E-state index contributed by atoms with van der Waals surface area (Å²) >= 11 is 0. The van der Waals surface area contributed by atoms with E-state index >= 15 is 0 Å². The third kappa shape index (κ3) is 6.12. The van der Waals surface area contributed by atoms with Gasteiger partial charge in [0.15, 0.2) is 0 Å². The molecule has 0 bridgehead atoms. The Morgan fingerprint density at radius 3 is 2.06 bits per heavy atom. The molecule has 7 nitrogen and oxygen atoms in total. The summed E-state index contributed by atoms with van der Waals surface area (Å²) < 4.78 is 5.57. The number of hydrogen-bond acceptors (Lipinski definition) is 4. The summed E-state index contributed by atoms with van der Waals surface area (Å²) in [5, 5.41) is 14.3. The fourth-order valence-corrected chi connectivity index (χ4v) is 4.27. The number of carbonyl (C=O) groups is 3. The van der Waals surface area contributed by atoms with Crippen molar-refractivity contribution in [3.8, 4) is 11.1 Å². The van der Waals surface area contributed by atoms with Gasteiger partial charge in [0, 0.05) is 18.4 Å². The normalized spacial score (nSPS) is 14.2. The van der Waals surface area contributed by atoms with E-state index in [1.54, 1.807) is 0 Å². The Morgan fingerprint density at radius 2 is 1.52 bits per heavy atom. The van der Waals surface area contributed by atoms with Crippen molar-refractivity contribution in [2.75, 3.05) is 6.61 Å². The summed E-state index contributed by atoms with van der Waals surface area (Å²) in [5.41, 5.74) is 4.55. The second-order valence-corrected chi connectivity index (χ2v) is 8.89. The van der Waals surface area contributed by atoms with Gasteiger partial charge in [-0.2, -0.15) is 0 Å². The monoisotopic (exact) mass is 452 g/mol. The predicted octanol–water partition coefficient (Wildman–Crippen LogP) is 4.31. The van der Waals surface area contributed by atoms with Crippen molar-refractivity contribution in [1.82, 2.24) is 10.6 Å². The molecule has 2 atom stereocenters. The van der Waals surface area contributed by atoms with Crippen LogP contribution in [0.25, 0.3) is 11.1 Å². The summed E-state index contributed by atoms with van der Waals surface area (Å²) in [7, 11) is 0. The van der Waals surface area contributed by atoms with E-state index in [0.717, 1.165) is 22.3 Å². The highest BCUT2D eigenvalue weighted by atomic mass is 16.5. The molecular formula is C26H32N2O5. The Balaban J connectivity index is 1.57. The Morgan fingerprint density at radius 1 is 0.939 bits per heavy atom. The minimum absolute atomic E-state index is 0.0521. The quantitative estimate of drug-likeness (QED) is 0.498. The molecule has 0 radical (unpaired) electrons. The standard InChI is InChI=1S/C26H32N2O5/c1-16(2)24(25(31)27-17(3)9-8-14-23(29)30)28-26(32)33-15-22-20-12-6-4-10-18(20)19-11-5-7-13-21(19)22/h4-7,10-13,16-17,22,24H,8-9,14-15H2,1-3H3,(H,27,31)(H,28,32)(H,29,30)/t17?,24-/m1/s1. The van der Waals surface area contributed by atoms with Gasteiger partial charge in [0.2, 0.25) is 5.91 Å². The molecule has 176 valence electrons. The number of benzene rings is 2. The molecule has 0 aromatic heterocycles. The number of amides is 2. The van der Waals surface area contributed by atoms with Gasteiger partial charge >= 0.3 is 12.1 Å². The number of aliphatic carboxylic acids is 1. The molecule has 2 amide bonds. The third-order valence-electron chi connectivity index (χ3n) is 5.98. The van der Waals surface area contributed by atoms with Gasteiger partial charge in [-0.1, -0.05) is 62.4 Å². The Kier molecular flexibility index (Phi) is 8.09. The summed E-state index contributed by atoms with van der Waals surface area (Å²) in [6.07, 6.45) is 0.451. The first-order valence-electron chi connectivity index (χ1n) is 11.4. The van der Waals surface area contributed by atoms with E-state index < -0.39 is 18.1 Å². The first kappa shape index (κ1) is 24.3. The zero-order valence-electron chi connectivity index (χ0n) is 19.3. The number of carboxylic acid groups (broad SMARTS) is 1. The van der Waals surface area contributed by atoms with Crippen LogP contribution in [0.4, 0.5) is 4.79 Å². The lowest BCUT2D eigenvalue weighted by atomic mass is 9.98. The largest absolute Gasteiger partial charge is 0.481 e. The molecular weight excluding hydrogens is 420 g/mol. The SMILES string of the molecule is CC(CCCC(=O)O)NC(=O)[C@H](NC(=O)OCC1c2ccccc2-c2ccccc21)C(C)C. The van der Waals surface area contributed by atoms with E-state index in [4.69, 9.17) is 9.84 Å². The van der Waals surface area contributed by atoms with Gasteiger partial charge in [0.05, 0.1) is 0 Å². The van der Waals surface area contributed by atoms with Gasteiger partial charge in [0.25, 0.3) is 0 Å². The molecule has 0 fully saturated rings. The van der Waals surface area contributed by atoms with Crippen LogP contribution < -0.4 is 10.6 Å². The topological polar surface area (TPSA) is 105 Å². The molecule has 0 saturated heterocycles. The zero-order valence-corrected chi connectivity index (χ0v) is 19.3. The highest BCUT2D eigenvalue weighted by Crippen LogP contribution is 2.44. The summed E-state index contributed by atoms with van der Waals surface area (Å²) in [5.74, 6) is -1.35. The van der Waals surface area contributed by atoms with E-state index in [9.17, 15) is 14.4 Å². The lowest BCUT2D eigenvalue weighted by Crippen LogP contribution is -2.51. The molecule has 1 unspecified atom stereocenters. The first-order valence-corrected chi connectivity index (χ1v) is 11.4. The summed E-state index contributed by atoms with van der Waals surface area (Å²) in [6, 6.07) is 15.3. The fourth-order valence-electron chi connectivity index (χ4n) is 4.27. The summed E-state index contributed by atoms with van der Waals surface area (Å²) in [6.45, 7) is 5.70. The van der Waals surface area contributed by atoms with Gasteiger partial charge in [0.1, 0.15) is 12.6 Å². The average molecular weight is 453 g/mol. The van der Waals surface area contributed by atoms with Crippen molar-refractivity contribution in [3.05, 3.63) is 59.7 Å². The maximum absolute atomic E-state index is 12.7. The minimum atomic E-state index is -0.856. The van der Waals surface area contributed by atoms with E-state index in [2.05, 4.69) is 34.9 Å². The summed E-state index contributed by atoms with van der Waals surface area (Å²) in [4.78, 5) is 36.0. The molecule has 2 aromatic carbocycles. The van der Waals surface area contributed by atoms with E-state index in [0.29, 0.717) is 12.8 Å². The molecule has 0 spiro atoms. The van der Waals surface area contributed by atoms with E-state index in [1.165, 1.54) is 0 Å². The second kappa shape index (κ2) is 11.0.